The SMILES string of the molecule is COc1ccccc1-c1cc2nc(C)c(CCC(=O)NC(C)c3cccs3)c(C)n2n1. The summed E-state index contributed by atoms with van der Waals surface area (Å²) in [5.74, 6) is 0.812. The Morgan fingerprint density at radius 2 is 2.03 bits per heavy atom. The van der Waals surface area contributed by atoms with Crippen molar-refractivity contribution < 1.29 is 9.53 Å². The van der Waals surface area contributed by atoms with Crippen LogP contribution in [0.4, 0.5) is 0 Å². The number of hydrogen-bond donors (Lipinski definition) is 1. The van der Waals surface area contributed by atoms with E-state index in [0.717, 1.165) is 44.5 Å². The average molecular weight is 435 g/mol. The fourth-order valence-electron chi connectivity index (χ4n) is 3.84. The van der Waals surface area contributed by atoms with Crippen LogP contribution >= 0.6 is 11.3 Å². The molecule has 0 bridgehead atoms. The van der Waals surface area contributed by atoms with E-state index in [4.69, 9.17) is 14.8 Å². The first-order chi connectivity index (χ1) is 15.0. The smallest absolute Gasteiger partial charge is 0.220 e. The zero-order valence-corrected chi connectivity index (χ0v) is 19.0. The van der Waals surface area contributed by atoms with Crippen molar-refractivity contribution in [1.82, 2.24) is 19.9 Å². The van der Waals surface area contributed by atoms with Crippen LogP contribution in [0.1, 0.15) is 41.2 Å². The number of methoxy groups -OCH3 is 1. The number of benzene rings is 1. The Hall–Kier alpha value is -3.19. The summed E-state index contributed by atoms with van der Waals surface area (Å²) < 4.78 is 7.34. The van der Waals surface area contributed by atoms with Crippen molar-refractivity contribution in [1.29, 1.82) is 0 Å². The van der Waals surface area contributed by atoms with Crippen molar-refractivity contribution in [2.75, 3.05) is 7.11 Å². The monoisotopic (exact) mass is 434 g/mol. The van der Waals surface area contributed by atoms with Crippen LogP contribution in [-0.2, 0) is 11.2 Å². The van der Waals surface area contributed by atoms with Gasteiger partial charge in [0.1, 0.15) is 5.75 Å². The maximum Gasteiger partial charge on any atom is 0.220 e. The molecule has 0 saturated heterocycles. The molecule has 6 nitrogen and oxygen atoms in total. The van der Waals surface area contributed by atoms with Gasteiger partial charge in [0.05, 0.1) is 18.8 Å². The van der Waals surface area contributed by atoms with Crippen LogP contribution in [0.25, 0.3) is 16.9 Å². The van der Waals surface area contributed by atoms with Crippen molar-refractivity contribution >= 4 is 22.9 Å². The molecule has 1 aromatic carbocycles. The Morgan fingerprint density at radius 3 is 2.77 bits per heavy atom. The molecule has 4 rings (SSSR count). The van der Waals surface area contributed by atoms with Gasteiger partial charge < -0.3 is 10.1 Å². The lowest BCUT2D eigenvalue weighted by Gasteiger charge is -2.14. The van der Waals surface area contributed by atoms with Crippen LogP contribution in [0, 0.1) is 13.8 Å². The van der Waals surface area contributed by atoms with Crippen LogP contribution in [0.5, 0.6) is 5.75 Å². The molecular weight excluding hydrogens is 408 g/mol. The highest BCUT2D eigenvalue weighted by Gasteiger charge is 2.17. The van der Waals surface area contributed by atoms with E-state index in [-0.39, 0.29) is 11.9 Å². The number of aromatic nitrogens is 3. The molecule has 4 aromatic rings. The number of rotatable bonds is 7. The maximum atomic E-state index is 12.5. The van der Waals surface area contributed by atoms with Crippen LogP contribution in [0.15, 0.2) is 47.8 Å². The van der Waals surface area contributed by atoms with Gasteiger partial charge in [0.25, 0.3) is 0 Å². The number of aryl methyl sites for hydroxylation is 2. The van der Waals surface area contributed by atoms with E-state index in [2.05, 4.69) is 5.32 Å². The largest absolute Gasteiger partial charge is 0.496 e. The maximum absolute atomic E-state index is 12.5. The zero-order chi connectivity index (χ0) is 22.0. The lowest BCUT2D eigenvalue weighted by molar-refractivity contribution is -0.121. The predicted molar refractivity (Wildman–Crippen MR) is 124 cm³/mol. The number of nitrogens with one attached hydrogen (secondary N) is 1. The van der Waals surface area contributed by atoms with Gasteiger partial charge in [-0.15, -0.1) is 11.3 Å². The minimum atomic E-state index is 0.0184. The molecule has 1 N–H and O–H groups in total. The summed E-state index contributed by atoms with van der Waals surface area (Å²) in [7, 11) is 1.66. The Morgan fingerprint density at radius 1 is 1.23 bits per heavy atom. The van der Waals surface area contributed by atoms with Gasteiger partial charge in [-0.1, -0.05) is 18.2 Å². The first kappa shape index (κ1) is 21.1. The highest BCUT2D eigenvalue weighted by molar-refractivity contribution is 7.10. The van der Waals surface area contributed by atoms with E-state index in [1.807, 2.05) is 73.1 Å². The van der Waals surface area contributed by atoms with Gasteiger partial charge in [-0.05, 0) is 56.3 Å². The normalized spacial score (nSPS) is 12.1. The van der Waals surface area contributed by atoms with Gasteiger partial charge in [-0.2, -0.15) is 5.10 Å². The van der Waals surface area contributed by atoms with Gasteiger partial charge in [0, 0.05) is 34.3 Å². The number of fused-ring (bicyclic) bond motifs is 1. The molecular formula is C24H26N4O2S. The van der Waals surface area contributed by atoms with E-state index >= 15 is 0 Å². The van der Waals surface area contributed by atoms with Crippen molar-refractivity contribution in [2.24, 2.45) is 0 Å². The summed E-state index contributed by atoms with van der Waals surface area (Å²) >= 11 is 1.65. The molecule has 31 heavy (non-hydrogen) atoms. The number of carbonyl (C=O) groups excluding carboxylic acids is 1. The van der Waals surface area contributed by atoms with E-state index in [1.165, 1.54) is 0 Å². The lowest BCUT2D eigenvalue weighted by atomic mass is 10.1. The van der Waals surface area contributed by atoms with Crippen LogP contribution in [0.3, 0.4) is 0 Å². The summed E-state index contributed by atoms with van der Waals surface area (Å²) in [6.45, 7) is 6.03. The molecule has 0 aliphatic carbocycles. The molecule has 1 atom stereocenters. The second-order valence-electron chi connectivity index (χ2n) is 7.57. The Balaban J connectivity index is 1.55. The second-order valence-corrected chi connectivity index (χ2v) is 8.54. The lowest BCUT2D eigenvalue weighted by Crippen LogP contribution is -2.26. The third-order valence-electron chi connectivity index (χ3n) is 5.50. The number of hydrogen-bond acceptors (Lipinski definition) is 5. The van der Waals surface area contributed by atoms with Gasteiger partial charge in [-0.25, -0.2) is 9.50 Å². The molecule has 3 heterocycles. The van der Waals surface area contributed by atoms with Crippen LogP contribution in [0.2, 0.25) is 0 Å². The van der Waals surface area contributed by atoms with Gasteiger partial charge in [0.2, 0.25) is 5.91 Å². The van der Waals surface area contributed by atoms with Gasteiger partial charge in [0.15, 0.2) is 5.65 Å². The first-order valence-corrected chi connectivity index (χ1v) is 11.2. The highest BCUT2D eigenvalue weighted by atomic mass is 32.1. The van der Waals surface area contributed by atoms with Crippen LogP contribution in [-0.4, -0.2) is 27.6 Å². The number of thiophene rings is 1. The van der Waals surface area contributed by atoms with Crippen molar-refractivity contribution in [3.63, 3.8) is 0 Å². The molecule has 1 amide bonds. The van der Waals surface area contributed by atoms with E-state index in [0.29, 0.717) is 12.8 Å². The Labute approximate surface area is 185 Å². The number of amides is 1. The topological polar surface area (TPSA) is 68.5 Å². The molecule has 0 spiro atoms. The van der Waals surface area contributed by atoms with Gasteiger partial charge >= 0.3 is 0 Å². The molecule has 160 valence electrons. The third-order valence-corrected chi connectivity index (χ3v) is 6.55. The predicted octanol–water partition coefficient (Wildman–Crippen LogP) is 4.89. The molecule has 3 aromatic heterocycles. The Kier molecular flexibility index (Phi) is 6.04. The minimum Gasteiger partial charge on any atom is -0.496 e. The summed E-state index contributed by atoms with van der Waals surface area (Å²) in [5, 5.41) is 9.88. The number of nitrogens with zero attached hydrogens (tertiary/aromatic N) is 3. The number of para-hydroxylation sites is 1. The van der Waals surface area contributed by atoms with Crippen LogP contribution < -0.4 is 10.1 Å². The second kappa shape index (κ2) is 8.89. The molecule has 7 heteroatoms. The molecule has 0 radical (unpaired) electrons. The number of ether oxygens (including phenoxy) is 1. The van der Waals surface area contributed by atoms with E-state index in [9.17, 15) is 4.79 Å². The molecule has 0 fully saturated rings. The fourth-order valence-corrected chi connectivity index (χ4v) is 4.57. The van der Waals surface area contributed by atoms with E-state index in [1.54, 1.807) is 18.4 Å². The highest BCUT2D eigenvalue weighted by Crippen LogP contribution is 2.30. The quantitative estimate of drug-likeness (QED) is 0.449. The summed E-state index contributed by atoms with van der Waals surface area (Å²) in [6, 6.07) is 13.8. The van der Waals surface area contributed by atoms with Crippen molar-refractivity contribution in [3.8, 4) is 17.0 Å². The number of carbonyl (C=O) groups is 1. The summed E-state index contributed by atoms with van der Waals surface area (Å²) in [5.41, 5.74) is 5.51. The molecule has 0 saturated carbocycles. The van der Waals surface area contributed by atoms with Crippen molar-refractivity contribution in [3.05, 3.63) is 69.7 Å². The van der Waals surface area contributed by atoms with Crippen molar-refractivity contribution in [2.45, 2.75) is 39.7 Å². The summed E-state index contributed by atoms with van der Waals surface area (Å²) in [6.07, 6.45) is 1.03. The molecule has 0 aliphatic rings. The molecule has 0 aliphatic heterocycles. The standard InChI is InChI=1S/C24H26N4O2S/c1-15-18(11-12-24(29)26-16(2)22-10-7-13-31-22)17(3)28-23(25-15)14-20(27-28)19-8-5-6-9-21(19)30-4/h5-10,13-14,16H,11-12H2,1-4H3,(H,26,29). The third kappa shape index (κ3) is 4.32. The van der Waals surface area contributed by atoms with Gasteiger partial charge in [-0.3, -0.25) is 4.79 Å². The zero-order valence-electron chi connectivity index (χ0n) is 18.2. The summed E-state index contributed by atoms with van der Waals surface area (Å²) in [4.78, 5) is 18.4. The average Bonchev–Trinajstić information content (AvgIpc) is 3.44. The van der Waals surface area contributed by atoms with E-state index < -0.39 is 0 Å². The first-order valence-electron chi connectivity index (χ1n) is 10.3. The minimum absolute atomic E-state index is 0.0184. The Bertz CT molecular complexity index is 1210. The molecule has 1 unspecified atom stereocenters. The fraction of sp³-hybridized carbons (Fsp3) is 0.292.